The summed E-state index contributed by atoms with van der Waals surface area (Å²) in [5, 5.41) is 2.17. The zero-order valence-electron chi connectivity index (χ0n) is 12.0. The van der Waals surface area contributed by atoms with E-state index in [9.17, 15) is 4.79 Å². The van der Waals surface area contributed by atoms with E-state index < -0.39 is 0 Å². The van der Waals surface area contributed by atoms with Crippen LogP contribution in [0.1, 0.15) is 29.2 Å². The van der Waals surface area contributed by atoms with Crippen molar-refractivity contribution < 1.29 is 4.79 Å². The molecule has 3 nitrogen and oxygen atoms in total. The maximum Gasteiger partial charge on any atom is 0.246 e. The minimum Gasteiger partial charge on any atom is -0.333 e. The lowest BCUT2D eigenvalue weighted by molar-refractivity contribution is -0.127. The highest BCUT2D eigenvalue weighted by atomic mass is 32.1. The Balaban J connectivity index is 1.85. The highest BCUT2D eigenvalue weighted by molar-refractivity contribution is 7.10. The summed E-state index contributed by atoms with van der Waals surface area (Å²) < 4.78 is 0. The van der Waals surface area contributed by atoms with Crippen LogP contribution >= 0.6 is 11.3 Å². The first kappa shape index (κ1) is 13.8. The molecule has 0 aliphatic carbocycles. The number of fused-ring (bicyclic) bond motifs is 1. The summed E-state index contributed by atoms with van der Waals surface area (Å²) in [5.41, 5.74) is 1.49. The number of carbonyl (C=O) groups is 1. The van der Waals surface area contributed by atoms with E-state index in [2.05, 4.69) is 30.0 Å². The van der Waals surface area contributed by atoms with Crippen molar-refractivity contribution in [2.75, 3.05) is 26.7 Å². The minimum atomic E-state index is 0.0678. The summed E-state index contributed by atoms with van der Waals surface area (Å²) in [4.78, 5) is 17.7. The first-order chi connectivity index (χ1) is 9.69. The summed E-state index contributed by atoms with van der Waals surface area (Å²) >= 11 is 1.78. The van der Waals surface area contributed by atoms with Gasteiger partial charge >= 0.3 is 0 Å². The fourth-order valence-corrected chi connectivity index (χ4v) is 4.58. The van der Waals surface area contributed by atoms with Gasteiger partial charge in [0.25, 0.3) is 0 Å². The Morgan fingerprint density at radius 2 is 2.35 bits per heavy atom. The summed E-state index contributed by atoms with van der Waals surface area (Å²) in [7, 11) is 2.20. The molecule has 2 aliphatic rings. The summed E-state index contributed by atoms with van der Waals surface area (Å²) in [6.07, 6.45) is 4.00. The highest BCUT2D eigenvalue weighted by Crippen LogP contribution is 2.39. The van der Waals surface area contributed by atoms with Crippen LogP contribution in [0.2, 0.25) is 0 Å². The van der Waals surface area contributed by atoms with E-state index in [4.69, 9.17) is 0 Å². The van der Waals surface area contributed by atoms with E-state index in [1.165, 1.54) is 35.9 Å². The van der Waals surface area contributed by atoms with Crippen LogP contribution in [0.3, 0.4) is 0 Å². The van der Waals surface area contributed by atoms with Crippen molar-refractivity contribution in [3.8, 4) is 0 Å². The zero-order chi connectivity index (χ0) is 14.1. The molecule has 0 bridgehead atoms. The lowest BCUT2D eigenvalue weighted by Gasteiger charge is -2.40. The van der Waals surface area contributed by atoms with Gasteiger partial charge in [0.2, 0.25) is 5.91 Å². The van der Waals surface area contributed by atoms with Gasteiger partial charge in [-0.2, -0.15) is 0 Å². The number of nitrogens with zero attached hydrogens (tertiary/aromatic N) is 2. The van der Waals surface area contributed by atoms with E-state index in [0.29, 0.717) is 11.8 Å². The van der Waals surface area contributed by atoms with Gasteiger partial charge in [-0.3, -0.25) is 4.79 Å². The molecule has 0 aromatic carbocycles. The molecule has 0 radical (unpaired) electrons. The van der Waals surface area contributed by atoms with Gasteiger partial charge in [0.05, 0.1) is 6.54 Å². The molecule has 1 amide bonds. The molecule has 2 aliphatic heterocycles. The van der Waals surface area contributed by atoms with Gasteiger partial charge in [-0.25, -0.2) is 0 Å². The molecule has 20 heavy (non-hydrogen) atoms. The number of thiophene rings is 1. The SMILES string of the molecule is C=CC(=O)N1Cc2sccc2[C@@H]([C@@H]2CCCN(C)C2)C1. The van der Waals surface area contributed by atoms with E-state index >= 15 is 0 Å². The minimum absolute atomic E-state index is 0.0678. The quantitative estimate of drug-likeness (QED) is 0.782. The second-order valence-electron chi connectivity index (χ2n) is 5.99. The number of amides is 1. The van der Waals surface area contributed by atoms with Crippen molar-refractivity contribution >= 4 is 17.2 Å². The fraction of sp³-hybridized carbons (Fsp3) is 0.562. The van der Waals surface area contributed by atoms with Crippen molar-refractivity contribution in [2.45, 2.75) is 25.3 Å². The number of hydrogen-bond donors (Lipinski definition) is 0. The van der Waals surface area contributed by atoms with Crippen molar-refractivity contribution in [3.05, 3.63) is 34.5 Å². The lowest BCUT2D eigenvalue weighted by atomic mass is 9.79. The molecule has 0 N–H and O–H groups in total. The van der Waals surface area contributed by atoms with Gasteiger partial charge in [-0.15, -0.1) is 11.3 Å². The predicted molar refractivity (Wildman–Crippen MR) is 82.9 cm³/mol. The van der Waals surface area contributed by atoms with E-state index in [0.717, 1.165) is 19.6 Å². The van der Waals surface area contributed by atoms with Crippen LogP contribution in [0.25, 0.3) is 0 Å². The smallest absolute Gasteiger partial charge is 0.246 e. The molecule has 1 saturated heterocycles. The molecule has 1 fully saturated rings. The molecule has 108 valence electrons. The number of likely N-dealkylation sites (tertiary alicyclic amines) is 1. The van der Waals surface area contributed by atoms with Crippen molar-refractivity contribution in [3.63, 3.8) is 0 Å². The molecule has 4 heteroatoms. The maximum absolute atomic E-state index is 12.0. The highest BCUT2D eigenvalue weighted by Gasteiger charge is 2.34. The van der Waals surface area contributed by atoms with Gasteiger partial charge in [-0.05, 0) is 55.4 Å². The van der Waals surface area contributed by atoms with E-state index in [-0.39, 0.29) is 5.91 Å². The predicted octanol–water partition coefficient (Wildman–Crippen LogP) is 2.70. The number of rotatable bonds is 2. The van der Waals surface area contributed by atoms with Crippen LogP contribution < -0.4 is 0 Å². The van der Waals surface area contributed by atoms with Crippen LogP contribution in [0.5, 0.6) is 0 Å². The van der Waals surface area contributed by atoms with Crippen molar-refractivity contribution in [2.24, 2.45) is 5.92 Å². The van der Waals surface area contributed by atoms with Crippen LogP contribution in [0.15, 0.2) is 24.1 Å². The zero-order valence-corrected chi connectivity index (χ0v) is 12.9. The second kappa shape index (κ2) is 5.70. The first-order valence-electron chi connectivity index (χ1n) is 7.35. The summed E-state index contributed by atoms with van der Waals surface area (Å²) in [6, 6.07) is 2.27. The molecule has 3 heterocycles. The Morgan fingerprint density at radius 1 is 1.50 bits per heavy atom. The maximum atomic E-state index is 12.0. The van der Waals surface area contributed by atoms with Gasteiger partial charge in [0.15, 0.2) is 0 Å². The van der Waals surface area contributed by atoms with E-state index in [1.54, 1.807) is 11.3 Å². The van der Waals surface area contributed by atoms with Crippen LogP contribution in [0, 0.1) is 5.92 Å². The first-order valence-corrected chi connectivity index (χ1v) is 8.23. The van der Waals surface area contributed by atoms with Gasteiger partial charge in [-0.1, -0.05) is 6.58 Å². The Morgan fingerprint density at radius 3 is 3.10 bits per heavy atom. The summed E-state index contributed by atoms with van der Waals surface area (Å²) in [6.45, 7) is 7.60. The monoisotopic (exact) mass is 290 g/mol. The molecule has 3 rings (SSSR count). The van der Waals surface area contributed by atoms with Crippen LogP contribution in [0.4, 0.5) is 0 Å². The molecule has 2 atom stereocenters. The molecule has 0 spiro atoms. The molecular weight excluding hydrogens is 268 g/mol. The number of piperidine rings is 1. The normalized spacial score (nSPS) is 27.1. The Labute approximate surface area is 124 Å². The third-order valence-electron chi connectivity index (χ3n) is 4.65. The molecule has 0 saturated carbocycles. The largest absolute Gasteiger partial charge is 0.333 e. The Bertz CT molecular complexity index is 510. The number of carbonyl (C=O) groups excluding carboxylic acids is 1. The Hall–Kier alpha value is -1.13. The molecule has 0 unspecified atom stereocenters. The average Bonchev–Trinajstić information content (AvgIpc) is 2.93. The lowest BCUT2D eigenvalue weighted by Crippen LogP contribution is -2.43. The Kier molecular flexibility index (Phi) is 3.94. The van der Waals surface area contributed by atoms with Crippen molar-refractivity contribution in [1.82, 2.24) is 9.80 Å². The average molecular weight is 290 g/mol. The fourth-order valence-electron chi connectivity index (χ4n) is 3.62. The summed E-state index contributed by atoms with van der Waals surface area (Å²) in [5.74, 6) is 1.23. The second-order valence-corrected chi connectivity index (χ2v) is 6.99. The van der Waals surface area contributed by atoms with Crippen LogP contribution in [-0.4, -0.2) is 42.4 Å². The standard InChI is InChI=1S/C16H22N2OS/c1-3-16(19)18-10-14(12-5-4-7-17(2)9-12)13-6-8-20-15(13)11-18/h3,6,8,12,14H,1,4-5,7,9-11H2,2H3/t12-,14-/m1/s1. The molecular formula is C16H22N2OS. The topological polar surface area (TPSA) is 23.6 Å². The van der Waals surface area contributed by atoms with E-state index in [1.807, 2.05) is 4.90 Å². The third kappa shape index (κ3) is 2.54. The third-order valence-corrected chi connectivity index (χ3v) is 5.57. The molecule has 1 aromatic rings. The van der Waals surface area contributed by atoms with Gasteiger partial charge < -0.3 is 9.80 Å². The molecule has 1 aromatic heterocycles. The van der Waals surface area contributed by atoms with Gasteiger partial charge in [0.1, 0.15) is 0 Å². The number of hydrogen-bond acceptors (Lipinski definition) is 3. The van der Waals surface area contributed by atoms with Crippen LogP contribution in [-0.2, 0) is 11.3 Å². The van der Waals surface area contributed by atoms with Crippen molar-refractivity contribution in [1.29, 1.82) is 0 Å². The van der Waals surface area contributed by atoms with Gasteiger partial charge in [0, 0.05) is 23.9 Å².